The van der Waals surface area contributed by atoms with Crippen molar-refractivity contribution in [2.45, 2.75) is 38.1 Å². The lowest BCUT2D eigenvalue weighted by Crippen LogP contribution is -2.27. The summed E-state index contributed by atoms with van der Waals surface area (Å²) >= 11 is 1.60. The maximum absolute atomic E-state index is 6.25. The van der Waals surface area contributed by atoms with Crippen LogP contribution in [0.2, 0.25) is 0 Å². The molecule has 7 heteroatoms. The number of hydrogen-bond acceptors (Lipinski definition) is 7. The van der Waals surface area contributed by atoms with Crippen LogP contribution in [0.4, 0.5) is 5.69 Å². The summed E-state index contributed by atoms with van der Waals surface area (Å²) in [6.45, 7) is 4.17. The zero-order valence-electron chi connectivity index (χ0n) is 15.9. The van der Waals surface area contributed by atoms with E-state index in [1.165, 1.54) is 0 Å². The smallest absolute Gasteiger partial charge is 0.247 e. The molecule has 0 spiro atoms. The molecule has 0 bridgehead atoms. The van der Waals surface area contributed by atoms with Crippen molar-refractivity contribution in [1.29, 1.82) is 0 Å². The van der Waals surface area contributed by atoms with Gasteiger partial charge in [-0.1, -0.05) is 43.3 Å². The molecule has 3 heterocycles. The Balaban J connectivity index is 1.70. The van der Waals surface area contributed by atoms with Crippen LogP contribution in [0, 0.1) is 0 Å². The second-order valence-electron chi connectivity index (χ2n) is 6.54. The lowest BCUT2D eigenvalue weighted by Gasteiger charge is -2.19. The van der Waals surface area contributed by atoms with E-state index in [4.69, 9.17) is 9.15 Å². The van der Waals surface area contributed by atoms with E-state index in [9.17, 15) is 0 Å². The van der Waals surface area contributed by atoms with E-state index < -0.39 is 6.23 Å². The Bertz CT molecular complexity index is 972. The van der Waals surface area contributed by atoms with Crippen molar-refractivity contribution in [2.75, 3.05) is 11.1 Å². The van der Waals surface area contributed by atoms with Gasteiger partial charge >= 0.3 is 0 Å². The highest BCUT2D eigenvalue weighted by atomic mass is 32.2. The minimum atomic E-state index is -0.391. The molecule has 28 heavy (non-hydrogen) atoms. The number of para-hydroxylation sites is 1. The van der Waals surface area contributed by atoms with Gasteiger partial charge in [-0.05, 0) is 43.2 Å². The molecule has 0 amide bonds. The third-order valence-electron chi connectivity index (χ3n) is 4.39. The second kappa shape index (κ2) is 8.48. The van der Waals surface area contributed by atoms with Gasteiger partial charge in [0.1, 0.15) is 5.76 Å². The van der Waals surface area contributed by atoms with Crippen LogP contribution < -0.4 is 10.1 Å². The number of unbranched alkanes of at least 4 members (excludes halogenated alkanes) is 1. The number of thioether (sulfide) groups is 1. The van der Waals surface area contributed by atoms with Crippen molar-refractivity contribution >= 4 is 23.5 Å². The maximum Gasteiger partial charge on any atom is 0.247 e. The van der Waals surface area contributed by atoms with Crippen molar-refractivity contribution in [3.63, 3.8) is 0 Å². The van der Waals surface area contributed by atoms with Gasteiger partial charge < -0.3 is 14.5 Å². The summed E-state index contributed by atoms with van der Waals surface area (Å²) in [6, 6.07) is 11.7. The van der Waals surface area contributed by atoms with Crippen molar-refractivity contribution in [3.8, 4) is 17.1 Å². The Labute approximate surface area is 168 Å². The highest BCUT2D eigenvalue weighted by Gasteiger charge is 2.26. The zero-order chi connectivity index (χ0) is 19.3. The summed E-state index contributed by atoms with van der Waals surface area (Å²) in [5.41, 5.74) is 3.48. The summed E-state index contributed by atoms with van der Waals surface area (Å²) in [5, 5.41) is 12.8. The van der Waals surface area contributed by atoms with E-state index >= 15 is 0 Å². The molecule has 144 valence electrons. The van der Waals surface area contributed by atoms with Crippen LogP contribution in [0.15, 0.2) is 57.8 Å². The molecule has 0 aliphatic carbocycles. The SMILES string of the molecule is CCCCSc1nnc2c(n1)O[C@H](/C(C)=C\c1ccco1)Nc1ccccc1-2. The van der Waals surface area contributed by atoms with Crippen LogP contribution in [0.1, 0.15) is 32.4 Å². The van der Waals surface area contributed by atoms with Crippen LogP contribution in [0.25, 0.3) is 17.3 Å². The molecule has 4 rings (SSSR count). The normalized spacial score (nSPS) is 15.8. The fourth-order valence-corrected chi connectivity index (χ4v) is 3.76. The summed E-state index contributed by atoms with van der Waals surface area (Å²) in [6.07, 6.45) is 5.47. The number of nitrogens with zero attached hydrogens (tertiary/aromatic N) is 3. The number of hydrogen-bond donors (Lipinski definition) is 1. The number of aromatic nitrogens is 3. The molecule has 1 aliphatic rings. The summed E-state index contributed by atoms with van der Waals surface area (Å²) in [7, 11) is 0. The third-order valence-corrected chi connectivity index (χ3v) is 5.31. The van der Waals surface area contributed by atoms with Crippen LogP contribution >= 0.6 is 11.8 Å². The highest BCUT2D eigenvalue weighted by molar-refractivity contribution is 7.99. The highest BCUT2D eigenvalue weighted by Crippen LogP contribution is 2.37. The molecule has 0 saturated carbocycles. The van der Waals surface area contributed by atoms with Gasteiger partial charge in [-0.15, -0.1) is 10.2 Å². The van der Waals surface area contributed by atoms with E-state index in [0.29, 0.717) is 16.7 Å². The first-order chi connectivity index (χ1) is 13.7. The summed E-state index contributed by atoms with van der Waals surface area (Å²) in [4.78, 5) is 4.65. The lowest BCUT2D eigenvalue weighted by molar-refractivity contribution is 0.255. The van der Waals surface area contributed by atoms with Crippen molar-refractivity contribution in [3.05, 3.63) is 54.0 Å². The predicted molar refractivity (Wildman–Crippen MR) is 111 cm³/mol. The van der Waals surface area contributed by atoms with Crippen molar-refractivity contribution < 1.29 is 9.15 Å². The Morgan fingerprint density at radius 3 is 2.93 bits per heavy atom. The van der Waals surface area contributed by atoms with Gasteiger partial charge in [-0.25, -0.2) is 0 Å². The summed E-state index contributed by atoms with van der Waals surface area (Å²) < 4.78 is 11.7. The summed E-state index contributed by atoms with van der Waals surface area (Å²) in [5.74, 6) is 2.23. The second-order valence-corrected chi connectivity index (χ2v) is 7.60. The van der Waals surface area contributed by atoms with Crippen LogP contribution in [-0.4, -0.2) is 27.2 Å². The van der Waals surface area contributed by atoms with Gasteiger partial charge in [-0.3, -0.25) is 0 Å². The number of anilines is 1. The Morgan fingerprint density at radius 2 is 2.11 bits per heavy atom. The molecule has 0 saturated heterocycles. The molecule has 1 aliphatic heterocycles. The van der Waals surface area contributed by atoms with E-state index in [1.807, 2.05) is 49.4 Å². The first-order valence-electron chi connectivity index (χ1n) is 9.36. The van der Waals surface area contributed by atoms with Gasteiger partial charge in [-0.2, -0.15) is 4.98 Å². The number of furan rings is 1. The number of fused-ring (bicyclic) bond motifs is 3. The number of rotatable bonds is 6. The van der Waals surface area contributed by atoms with Crippen molar-refractivity contribution in [1.82, 2.24) is 15.2 Å². The minimum Gasteiger partial charge on any atom is -0.465 e. The molecular formula is C21H22N4O2S. The van der Waals surface area contributed by atoms with Crippen LogP contribution in [0.3, 0.4) is 0 Å². The monoisotopic (exact) mass is 394 g/mol. The van der Waals surface area contributed by atoms with E-state index in [1.54, 1.807) is 18.0 Å². The van der Waals surface area contributed by atoms with Crippen LogP contribution in [0.5, 0.6) is 5.88 Å². The van der Waals surface area contributed by atoms with E-state index in [2.05, 4.69) is 27.4 Å². The number of nitrogens with one attached hydrogen (secondary N) is 1. The first kappa shape index (κ1) is 18.6. The topological polar surface area (TPSA) is 73.1 Å². The average Bonchev–Trinajstić information content (AvgIpc) is 3.15. The van der Waals surface area contributed by atoms with Gasteiger partial charge in [0.2, 0.25) is 11.0 Å². The minimum absolute atomic E-state index is 0.391. The van der Waals surface area contributed by atoms with E-state index in [0.717, 1.165) is 41.2 Å². The quantitative estimate of drug-likeness (QED) is 0.452. The molecule has 2 aromatic heterocycles. The Kier molecular flexibility index (Phi) is 5.62. The predicted octanol–water partition coefficient (Wildman–Crippen LogP) is 5.26. The molecule has 6 nitrogen and oxygen atoms in total. The number of ether oxygens (including phenoxy) is 1. The Hall–Kier alpha value is -2.80. The van der Waals surface area contributed by atoms with Gasteiger partial charge in [0.05, 0.1) is 6.26 Å². The average molecular weight is 395 g/mol. The largest absolute Gasteiger partial charge is 0.465 e. The van der Waals surface area contributed by atoms with Crippen LogP contribution in [-0.2, 0) is 0 Å². The molecule has 3 aromatic rings. The first-order valence-corrected chi connectivity index (χ1v) is 10.3. The fourth-order valence-electron chi connectivity index (χ4n) is 2.90. The standard InChI is InChI=1S/C21H22N4O2S/c1-3-4-12-28-21-23-20-18(24-25-21)16-9-5-6-10-17(16)22-19(27-20)14(2)13-15-8-7-11-26-15/h5-11,13,19,22H,3-4,12H2,1-2H3/b14-13-/t19-/m1/s1. The van der Waals surface area contributed by atoms with Gasteiger partial charge in [0.25, 0.3) is 0 Å². The molecule has 1 aromatic carbocycles. The van der Waals surface area contributed by atoms with E-state index in [-0.39, 0.29) is 0 Å². The number of benzene rings is 1. The fraction of sp³-hybridized carbons (Fsp3) is 0.286. The molecule has 1 atom stereocenters. The molecule has 0 radical (unpaired) electrons. The molecule has 0 fully saturated rings. The molecule has 1 N–H and O–H groups in total. The maximum atomic E-state index is 6.25. The Morgan fingerprint density at radius 1 is 1.21 bits per heavy atom. The van der Waals surface area contributed by atoms with Crippen molar-refractivity contribution in [2.24, 2.45) is 0 Å². The molecule has 0 unspecified atom stereocenters. The van der Waals surface area contributed by atoms with Gasteiger partial charge in [0.15, 0.2) is 11.9 Å². The third kappa shape index (κ3) is 4.04. The molecular weight excluding hydrogens is 372 g/mol. The van der Waals surface area contributed by atoms with Gasteiger partial charge in [0, 0.05) is 17.0 Å². The zero-order valence-corrected chi connectivity index (χ0v) is 16.7. The lowest BCUT2D eigenvalue weighted by atomic mass is 10.1.